The van der Waals surface area contributed by atoms with Gasteiger partial charge in [0.25, 0.3) is 0 Å². The number of halogens is 2. The van der Waals surface area contributed by atoms with E-state index >= 15 is 0 Å². The molecule has 0 aliphatic rings. The summed E-state index contributed by atoms with van der Waals surface area (Å²) in [6.07, 6.45) is 0. The van der Waals surface area contributed by atoms with E-state index < -0.39 is 5.82 Å². The molecule has 0 saturated carbocycles. The topological polar surface area (TPSA) is 33.0 Å². The summed E-state index contributed by atoms with van der Waals surface area (Å²) >= 11 is 3.12. The quantitative estimate of drug-likeness (QED) is 0.760. The van der Waals surface area contributed by atoms with Crippen LogP contribution in [0.4, 0.5) is 4.39 Å². The normalized spacial score (nSPS) is 9.46. The minimum absolute atomic E-state index is 0.231. The zero-order chi connectivity index (χ0) is 10.0. The van der Waals surface area contributed by atoms with Crippen molar-refractivity contribution in [3.63, 3.8) is 0 Å². The lowest BCUT2D eigenvalue weighted by Gasteiger charge is -2.08. The van der Waals surface area contributed by atoms with E-state index in [1.165, 1.54) is 13.2 Å². The van der Waals surface area contributed by atoms with Gasteiger partial charge in [-0.3, -0.25) is 0 Å². The number of benzene rings is 1. The fraction of sp³-hybridized carbons (Fsp3) is 0.222. The molecule has 13 heavy (non-hydrogen) atoms. The summed E-state index contributed by atoms with van der Waals surface area (Å²) in [6.45, 7) is 1.54. The predicted octanol–water partition coefficient (Wildman–Crippen LogP) is 2.78. The zero-order valence-electron chi connectivity index (χ0n) is 7.19. The molecule has 1 aromatic rings. The molecule has 0 aliphatic heterocycles. The summed E-state index contributed by atoms with van der Waals surface area (Å²) < 4.78 is 18.5. The highest BCUT2D eigenvalue weighted by Crippen LogP contribution is 2.32. The Morgan fingerprint density at radius 3 is 2.69 bits per heavy atom. The van der Waals surface area contributed by atoms with Gasteiger partial charge in [-0.25, -0.2) is 4.39 Å². The first-order valence-electron chi connectivity index (χ1n) is 3.54. The van der Waals surface area contributed by atoms with Gasteiger partial charge in [0, 0.05) is 5.56 Å². The Labute approximate surface area is 84.1 Å². The fourth-order valence-corrected chi connectivity index (χ4v) is 1.59. The molecule has 0 atom stereocenters. The van der Waals surface area contributed by atoms with Crippen LogP contribution in [0.2, 0.25) is 0 Å². The number of nitrogens with zero attached hydrogens (tertiary/aromatic N) is 1. The van der Waals surface area contributed by atoms with Crippen LogP contribution in [0.3, 0.4) is 0 Å². The fourth-order valence-electron chi connectivity index (χ4n) is 1.03. The van der Waals surface area contributed by atoms with Crippen molar-refractivity contribution in [2.24, 2.45) is 0 Å². The summed E-state index contributed by atoms with van der Waals surface area (Å²) in [4.78, 5) is 0. The number of hydrogen-bond acceptors (Lipinski definition) is 2. The standard InChI is InChI=1S/C9H7BrFNO/c1-5-6(4-12)9(13-2)7(10)3-8(5)11/h3H,1-2H3. The third-order valence-corrected chi connectivity index (χ3v) is 2.34. The van der Waals surface area contributed by atoms with Crippen LogP contribution in [0.15, 0.2) is 10.5 Å². The smallest absolute Gasteiger partial charge is 0.151 e. The first-order chi connectivity index (χ1) is 6.11. The molecule has 0 heterocycles. The van der Waals surface area contributed by atoms with E-state index in [2.05, 4.69) is 15.9 Å². The van der Waals surface area contributed by atoms with E-state index in [0.717, 1.165) is 0 Å². The van der Waals surface area contributed by atoms with Crippen LogP contribution in [0.1, 0.15) is 11.1 Å². The Bertz CT molecular complexity index is 384. The van der Waals surface area contributed by atoms with Crippen molar-refractivity contribution in [1.29, 1.82) is 5.26 Å². The predicted molar refractivity (Wildman–Crippen MR) is 50.1 cm³/mol. The Morgan fingerprint density at radius 1 is 1.62 bits per heavy atom. The molecule has 0 unspecified atom stereocenters. The minimum atomic E-state index is -0.413. The van der Waals surface area contributed by atoms with E-state index in [1.807, 2.05) is 6.07 Å². The molecule has 1 aromatic carbocycles. The molecule has 0 aliphatic carbocycles. The lowest BCUT2D eigenvalue weighted by molar-refractivity contribution is 0.409. The number of rotatable bonds is 1. The molecule has 0 N–H and O–H groups in total. The molecule has 0 amide bonds. The van der Waals surface area contributed by atoms with Gasteiger partial charge in [0.2, 0.25) is 0 Å². The van der Waals surface area contributed by atoms with Crippen molar-refractivity contribution in [3.8, 4) is 11.8 Å². The van der Waals surface area contributed by atoms with Crippen LogP contribution < -0.4 is 4.74 Å². The summed E-state index contributed by atoms with van der Waals surface area (Å²) in [7, 11) is 1.44. The molecule has 0 radical (unpaired) electrons. The lowest BCUT2D eigenvalue weighted by Crippen LogP contribution is -1.95. The van der Waals surface area contributed by atoms with Gasteiger partial charge in [-0.15, -0.1) is 0 Å². The van der Waals surface area contributed by atoms with Gasteiger partial charge >= 0.3 is 0 Å². The van der Waals surface area contributed by atoms with Crippen LogP contribution in [0.25, 0.3) is 0 Å². The van der Waals surface area contributed by atoms with E-state index in [9.17, 15) is 4.39 Å². The molecule has 4 heteroatoms. The number of methoxy groups -OCH3 is 1. The molecule has 68 valence electrons. The molecular formula is C9H7BrFNO. The van der Waals surface area contributed by atoms with Gasteiger partial charge in [-0.2, -0.15) is 5.26 Å². The average molecular weight is 244 g/mol. The maximum Gasteiger partial charge on any atom is 0.151 e. The van der Waals surface area contributed by atoms with Crippen LogP contribution in [-0.4, -0.2) is 7.11 Å². The van der Waals surface area contributed by atoms with Gasteiger partial charge in [0.15, 0.2) is 5.75 Å². The number of ether oxygens (including phenoxy) is 1. The molecule has 1 rings (SSSR count). The van der Waals surface area contributed by atoms with Crippen molar-refractivity contribution in [1.82, 2.24) is 0 Å². The Balaban J connectivity index is 3.53. The second-order valence-corrected chi connectivity index (χ2v) is 3.34. The third kappa shape index (κ3) is 1.65. The van der Waals surface area contributed by atoms with Gasteiger partial charge in [0.1, 0.15) is 17.4 Å². The summed E-state index contributed by atoms with van der Waals surface area (Å²) in [6, 6.07) is 3.19. The summed E-state index contributed by atoms with van der Waals surface area (Å²) in [5.74, 6) is -0.0365. The first kappa shape index (κ1) is 10.0. The Kier molecular flexibility index (Phi) is 2.89. The van der Waals surface area contributed by atoms with Crippen LogP contribution in [0, 0.1) is 24.1 Å². The second kappa shape index (κ2) is 3.75. The van der Waals surface area contributed by atoms with Crippen LogP contribution >= 0.6 is 15.9 Å². The number of nitriles is 1. The van der Waals surface area contributed by atoms with Crippen LogP contribution in [-0.2, 0) is 0 Å². The second-order valence-electron chi connectivity index (χ2n) is 2.49. The van der Waals surface area contributed by atoms with Crippen molar-refractivity contribution in [3.05, 3.63) is 27.5 Å². The highest BCUT2D eigenvalue weighted by Gasteiger charge is 2.14. The van der Waals surface area contributed by atoms with Crippen molar-refractivity contribution in [2.75, 3.05) is 7.11 Å². The lowest BCUT2D eigenvalue weighted by atomic mass is 10.1. The van der Waals surface area contributed by atoms with E-state index in [0.29, 0.717) is 15.8 Å². The first-order valence-corrected chi connectivity index (χ1v) is 4.33. The molecule has 0 aromatic heterocycles. The van der Waals surface area contributed by atoms with E-state index in [-0.39, 0.29) is 5.56 Å². The van der Waals surface area contributed by atoms with Gasteiger partial charge < -0.3 is 4.74 Å². The van der Waals surface area contributed by atoms with Gasteiger partial charge in [-0.1, -0.05) is 0 Å². The maximum atomic E-state index is 13.1. The summed E-state index contributed by atoms with van der Waals surface area (Å²) in [5, 5.41) is 8.76. The van der Waals surface area contributed by atoms with E-state index in [4.69, 9.17) is 10.00 Å². The highest BCUT2D eigenvalue weighted by molar-refractivity contribution is 9.10. The van der Waals surface area contributed by atoms with Gasteiger partial charge in [-0.05, 0) is 28.9 Å². The zero-order valence-corrected chi connectivity index (χ0v) is 8.77. The molecule has 0 bridgehead atoms. The minimum Gasteiger partial charge on any atom is -0.494 e. The van der Waals surface area contributed by atoms with Crippen molar-refractivity contribution >= 4 is 15.9 Å². The third-order valence-electron chi connectivity index (χ3n) is 1.75. The molecule has 0 spiro atoms. The average Bonchev–Trinajstić information content (AvgIpc) is 2.10. The van der Waals surface area contributed by atoms with E-state index in [1.54, 1.807) is 6.92 Å². The summed E-state index contributed by atoms with van der Waals surface area (Å²) in [5.41, 5.74) is 0.539. The molecular weight excluding hydrogens is 237 g/mol. The van der Waals surface area contributed by atoms with Crippen molar-refractivity contribution < 1.29 is 9.13 Å². The molecule has 2 nitrogen and oxygen atoms in total. The molecule has 0 saturated heterocycles. The highest BCUT2D eigenvalue weighted by atomic mass is 79.9. The monoisotopic (exact) mass is 243 g/mol. The maximum absolute atomic E-state index is 13.1. The van der Waals surface area contributed by atoms with Crippen LogP contribution in [0.5, 0.6) is 5.75 Å². The van der Waals surface area contributed by atoms with Crippen molar-refractivity contribution in [2.45, 2.75) is 6.92 Å². The largest absolute Gasteiger partial charge is 0.494 e. The molecule has 0 fully saturated rings. The Morgan fingerprint density at radius 2 is 2.23 bits per heavy atom. The SMILES string of the molecule is COc1c(Br)cc(F)c(C)c1C#N. The number of hydrogen-bond donors (Lipinski definition) is 0. The van der Waals surface area contributed by atoms with Gasteiger partial charge in [0.05, 0.1) is 11.6 Å². The Hall–Kier alpha value is -1.08.